The van der Waals surface area contributed by atoms with E-state index in [1.165, 1.54) is 160 Å². The minimum absolute atomic E-state index is 0.0732. The van der Waals surface area contributed by atoms with E-state index in [0.29, 0.717) is 0 Å². The Morgan fingerprint density at radius 3 is 1.14 bits per heavy atom. The summed E-state index contributed by atoms with van der Waals surface area (Å²) in [5.74, 6) is 0. The molecule has 0 fully saturated rings. The maximum absolute atomic E-state index is 2.54. The van der Waals surface area contributed by atoms with E-state index < -0.39 is 5.41 Å². The van der Waals surface area contributed by atoms with Gasteiger partial charge in [0, 0.05) is 44.2 Å². The monoisotopic (exact) mass is 1240 g/mol. The van der Waals surface area contributed by atoms with E-state index in [1.807, 2.05) is 0 Å². The molecule has 0 atom stereocenters. The standard InChI is InChI=1S/C54H37N.C41H31N/c1-53(2)45-21-9-5-17-39(45)43-30-28-36(32-49(43)53)55(51-25-13-15-35-27-26-34-14-3-4-16-38(34)52(35)51)37-29-31-44-42-20-8-12-24-48(42)54(50(44)33-37)46-22-10-6-18-40(46)41-19-7-11-23-47(41)54;1-41(2)35-18-9-8-17-34(35)40-36(41)19-11-21-38(40)42(32-26-24-29(25-27-32)28-12-4-3-5-13-28)37-20-10-15-31-23-22-30-14-6-7-16-33(30)39(31)37/h3-33H,1-2H3;3-27H,1-2H3. The summed E-state index contributed by atoms with van der Waals surface area (Å²) < 4.78 is 0. The second kappa shape index (κ2) is 21.6. The molecule has 0 heterocycles. The fourth-order valence-corrected chi connectivity index (χ4v) is 17.7. The van der Waals surface area contributed by atoms with Gasteiger partial charge in [0.15, 0.2) is 0 Å². The van der Waals surface area contributed by atoms with Crippen molar-refractivity contribution < 1.29 is 0 Å². The van der Waals surface area contributed by atoms with Crippen LogP contribution in [0.4, 0.5) is 34.1 Å². The molecule has 0 aromatic heterocycles. The molecule has 0 N–H and O–H groups in total. The first kappa shape index (κ1) is 56.7. The molecule has 2 heteroatoms. The lowest BCUT2D eigenvalue weighted by molar-refractivity contribution is 0.660. The van der Waals surface area contributed by atoms with Crippen molar-refractivity contribution in [3.8, 4) is 55.6 Å². The fourth-order valence-electron chi connectivity index (χ4n) is 17.7. The Labute approximate surface area is 567 Å². The Hall–Kier alpha value is -11.8. The summed E-state index contributed by atoms with van der Waals surface area (Å²) in [7, 11) is 0. The van der Waals surface area contributed by atoms with Crippen LogP contribution in [-0.2, 0) is 16.2 Å². The number of anilines is 6. The molecular weight excluding hydrogens is 1170 g/mol. The maximum atomic E-state index is 2.54. The van der Waals surface area contributed by atoms with E-state index in [-0.39, 0.29) is 10.8 Å². The van der Waals surface area contributed by atoms with Crippen molar-refractivity contribution in [1.29, 1.82) is 0 Å². The molecule has 0 aliphatic heterocycles. The molecule has 4 aliphatic rings. The van der Waals surface area contributed by atoms with Crippen LogP contribution in [0.15, 0.2) is 340 Å². The lowest BCUT2D eigenvalue weighted by atomic mass is 9.70. The van der Waals surface area contributed by atoms with Crippen molar-refractivity contribution in [1.82, 2.24) is 0 Å². The molecule has 97 heavy (non-hydrogen) atoms. The molecule has 0 unspecified atom stereocenters. The van der Waals surface area contributed by atoms with Gasteiger partial charge in [-0.1, -0.05) is 313 Å². The minimum Gasteiger partial charge on any atom is -0.310 e. The van der Waals surface area contributed by atoms with Gasteiger partial charge in [-0.3, -0.25) is 0 Å². The summed E-state index contributed by atoms with van der Waals surface area (Å²) in [6, 6.07) is 126. The van der Waals surface area contributed by atoms with E-state index in [9.17, 15) is 0 Å². The molecule has 0 amide bonds. The van der Waals surface area contributed by atoms with Gasteiger partial charge in [0.1, 0.15) is 0 Å². The van der Waals surface area contributed by atoms with Crippen molar-refractivity contribution >= 4 is 77.2 Å². The molecule has 16 aromatic carbocycles. The zero-order valence-corrected chi connectivity index (χ0v) is 54.7. The second-order valence-corrected chi connectivity index (χ2v) is 27.8. The van der Waals surface area contributed by atoms with Gasteiger partial charge in [-0.05, 0) is 181 Å². The first-order chi connectivity index (χ1) is 47.7. The summed E-state index contributed by atoms with van der Waals surface area (Å²) in [6.07, 6.45) is 0. The first-order valence-corrected chi connectivity index (χ1v) is 34.1. The third-order valence-electron chi connectivity index (χ3n) is 22.1. The van der Waals surface area contributed by atoms with Crippen molar-refractivity contribution in [2.45, 2.75) is 43.9 Å². The van der Waals surface area contributed by atoms with Crippen LogP contribution in [0.1, 0.15) is 72.2 Å². The van der Waals surface area contributed by atoms with Crippen LogP contribution < -0.4 is 9.80 Å². The molecular formula is C95H68N2. The van der Waals surface area contributed by atoms with Crippen molar-refractivity contribution in [3.63, 3.8) is 0 Å². The summed E-state index contributed by atoms with van der Waals surface area (Å²) >= 11 is 0. The van der Waals surface area contributed by atoms with Crippen molar-refractivity contribution in [3.05, 3.63) is 384 Å². The molecule has 2 nitrogen and oxygen atoms in total. The highest BCUT2D eigenvalue weighted by molar-refractivity contribution is 6.17. The molecule has 0 saturated carbocycles. The van der Waals surface area contributed by atoms with Gasteiger partial charge < -0.3 is 9.80 Å². The summed E-state index contributed by atoms with van der Waals surface area (Å²) in [5.41, 5.74) is 30.4. The Morgan fingerprint density at radius 1 is 0.216 bits per heavy atom. The van der Waals surface area contributed by atoms with Crippen molar-refractivity contribution in [2.24, 2.45) is 0 Å². The van der Waals surface area contributed by atoms with Crippen LogP contribution in [-0.4, -0.2) is 0 Å². The van der Waals surface area contributed by atoms with E-state index in [2.05, 4.69) is 377 Å². The van der Waals surface area contributed by atoms with Gasteiger partial charge in [0.05, 0.1) is 22.5 Å². The largest absolute Gasteiger partial charge is 0.310 e. The van der Waals surface area contributed by atoms with Crippen LogP contribution in [0.25, 0.3) is 98.7 Å². The second-order valence-electron chi connectivity index (χ2n) is 27.8. The van der Waals surface area contributed by atoms with Crippen LogP contribution in [0, 0.1) is 0 Å². The van der Waals surface area contributed by atoms with E-state index in [0.717, 1.165) is 17.1 Å². The van der Waals surface area contributed by atoms with Crippen LogP contribution in [0.2, 0.25) is 0 Å². The number of fused-ring (bicyclic) bond motifs is 22. The SMILES string of the molecule is CC1(C)c2ccccc2-c2c(N(c3ccc(-c4ccccc4)cc3)c3cccc4ccc5ccccc5c34)cccc21.CC1(C)c2ccccc2-c2ccc(N(c3ccc4c(c3)C3(c5ccccc5-c5ccccc53)c3ccccc3-4)c3cccc4ccc5ccccc5c34)cc21. The van der Waals surface area contributed by atoms with Gasteiger partial charge in [-0.15, -0.1) is 0 Å². The molecule has 1 spiro atoms. The highest BCUT2D eigenvalue weighted by Gasteiger charge is 2.52. The molecule has 458 valence electrons. The lowest BCUT2D eigenvalue weighted by Crippen LogP contribution is -2.26. The predicted molar refractivity (Wildman–Crippen MR) is 409 cm³/mol. The number of hydrogen-bond donors (Lipinski definition) is 0. The molecule has 0 bridgehead atoms. The van der Waals surface area contributed by atoms with Gasteiger partial charge in [-0.25, -0.2) is 0 Å². The Bertz CT molecular complexity index is 5850. The third-order valence-corrected chi connectivity index (χ3v) is 22.1. The maximum Gasteiger partial charge on any atom is 0.0726 e. The quantitative estimate of drug-likeness (QED) is 0.147. The summed E-state index contributed by atoms with van der Waals surface area (Å²) in [4.78, 5) is 5.03. The minimum atomic E-state index is -0.423. The van der Waals surface area contributed by atoms with Crippen LogP contribution >= 0.6 is 0 Å². The van der Waals surface area contributed by atoms with Crippen molar-refractivity contribution in [2.75, 3.05) is 9.80 Å². The normalized spacial score (nSPS) is 14.0. The van der Waals surface area contributed by atoms with Crippen LogP contribution in [0.3, 0.4) is 0 Å². The molecule has 0 radical (unpaired) electrons. The van der Waals surface area contributed by atoms with Gasteiger partial charge in [0.2, 0.25) is 0 Å². The Kier molecular flexibility index (Phi) is 12.6. The Balaban J connectivity index is 0.000000142. The topological polar surface area (TPSA) is 6.48 Å². The predicted octanol–water partition coefficient (Wildman–Crippen LogP) is 25.5. The van der Waals surface area contributed by atoms with Gasteiger partial charge in [0.25, 0.3) is 0 Å². The summed E-state index contributed by atoms with van der Waals surface area (Å²) in [6.45, 7) is 9.46. The fraction of sp³-hybridized carbons (Fsp3) is 0.0737. The number of rotatable bonds is 7. The summed E-state index contributed by atoms with van der Waals surface area (Å²) in [5, 5.41) is 10.0. The number of benzene rings is 16. The highest BCUT2D eigenvalue weighted by Crippen LogP contribution is 2.64. The average molecular weight is 1240 g/mol. The molecule has 4 aliphatic carbocycles. The van der Waals surface area contributed by atoms with Gasteiger partial charge in [-0.2, -0.15) is 0 Å². The van der Waals surface area contributed by atoms with E-state index in [4.69, 9.17) is 0 Å². The molecule has 0 saturated heterocycles. The van der Waals surface area contributed by atoms with Crippen LogP contribution in [0.5, 0.6) is 0 Å². The van der Waals surface area contributed by atoms with Gasteiger partial charge >= 0.3 is 0 Å². The smallest absolute Gasteiger partial charge is 0.0726 e. The number of nitrogens with zero attached hydrogens (tertiary/aromatic N) is 2. The Morgan fingerprint density at radius 2 is 0.577 bits per heavy atom. The third kappa shape index (κ3) is 8.33. The number of hydrogen-bond acceptors (Lipinski definition) is 2. The van der Waals surface area contributed by atoms with E-state index in [1.54, 1.807) is 0 Å². The zero-order chi connectivity index (χ0) is 64.7. The average Bonchev–Trinajstić information content (AvgIpc) is 1.51. The molecule has 20 rings (SSSR count). The highest BCUT2D eigenvalue weighted by atomic mass is 15.2. The first-order valence-electron chi connectivity index (χ1n) is 34.1. The lowest BCUT2D eigenvalue weighted by Gasteiger charge is -2.33. The van der Waals surface area contributed by atoms with E-state index >= 15 is 0 Å². The zero-order valence-electron chi connectivity index (χ0n) is 54.7. The molecule has 16 aromatic rings.